The number of aromatic nitrogens is 2. The zero-order chi connectivity index (χ0) is 26.0. The van der Waals surface area contributed by atoms with Gasteiger partial charge in [-0.2, -0.15) is 4.31 Å². The monoisotopic (exact) mass is 540 g/mol. The van der Waals surface area contributed by atoms with Crippen molar-refractivity contribution in [1.82, 2.24) is 14.3 Å². The van der Waals surface area contributed by atoms with Crippen LogP contribution in [0.4, 0.5) is 9.52 Å². The van der Waals surface area contributed by atoms with Gasteiger partial charge in [-0.15, -0.1) is 0 Å². The average Bonchev–Trinajstić information content (AvgIpc) is 3.35. The number of halogens is 1. The number of benzene rings is 2. The number of hydrogen-bond acceptors (Lipinski definition) is 7. The van der Waals surface area contributed by atoms with Gasteiger partial charge in [-0.05, 0) is 48.7 Å². The van der Waals surface area contributed by atoms with Gasteiger partial charge in [0, 0.05) is 37.5 Å². The zero-order valence-electron chi connectivity index (χ0n) is 20.1. The van der Waals surface area contributed by atoms with E-state index in [9.17, 15) is 17.6 Å². The molecule has 0 atom stereocenters. The fourth-order valence-electron chi connectivity index (χ4n) is 4.41. The number of ether oxygens (including phenoxy) is 1. The zero-order valence-corrected chi connectivity index (χ0v) is 21.7. The van der Waals surface area contributed by atoms with Gasteiger partial charge < -0.3 is 4.74 Å². The van der Waals surface area contributed by atoms with Gasteiger partial charge in [0.2, 0.25) is 15.9 Å². The molecule has 1 amide bonds. The second-order valence-corrected chi connectivity index (χ2v) is 11.6. The van der Waals surface area contributed by atoms with Crippen molar-refractivity contribution >= 4 is 42.6 Å². The molecule has 0 N–H and O–H groups in total. The molecule has 1 fully saturated rings. The predicted molar refractivity (Wildman–Crippen MR) is 139 cm³/mol. The minimum absolute atomic E-state index is 0.127. The third-order valence-electron chi connectivity index (χ3n) is 6.40. The molecule has 1 aliphatic rings. The average molecular weight is 541 g/mol. The van der Waals surface area contributed by atoms with Crippen LogP contribution in [0.25, 0.3) is 10.2 Å². The lowest BCUT2D eigenvalue weighted by Gasteiger charge is -2.33. The molecule has 37 heavy (non-hydrogen) atoms. The Bertz CT molecular complexity index is 1520. The summed E-state index contributed by atoms with van der Waals surface area (Å²) >= 11 is 1.41. The quantitative estimate of drug-likeness (QED) is 0.343. The van der Waals surface area contributed by atoms with Gasteiger partial charge in [0.05, 0.1) is 23.9 Å². The first kappa shape index (κ1) is 25.2. The van der Waals surface area contributed by atoms with Crippen LogP contribution < -0.4 is 9.64 Å². The second kappa shape index (κ2) is 10.5. The van der Waals surface area contributed by atoms with Crippen molar-refractivity contribution in [3.05, 3.63) is 78.4 Å². The van der Waals surface area contributed by atoms with Crippen molar-refractivity contribution in [2.75, 3.05) is 25.1 Å². The molecule has 4 aromatic rings. The van der Waals surface area contributed by atoms with Crippen LogP contribution in [-0.2, 0) is 21.4 Å². The number of piperidine rings is 1. The highest BCUT2D eigenvalue weighted by Gasteiger charge is 2.36. The van der Waals surface area contributed by atoms with E-state index in [0.717, 1.165) is 21.8 Å². The molecule has 2 aromatic carbocycles. The number of rotatable bonds is 7. The minimum atomic E-state index is -3.98. The van der Waals surface area contributed by atoms with Crippen LogP contribution >= 0.6 is 11.3 Å². The van der Waals surface area contributed by atoms with Gasteiger partial charge in [0.15, 0.2) is 5.13 Å². The van der Waals surface area contributed by atoms with Gasteiger partial charge in [0.25, 0.3) is 0 Å². The molecular formula is C26H25FN4O4S2. The van der Waals surface area contributed by atoms with E-state index in [4.69, 9.17) is 9.72 Å². The number of carbonyl (C=O) groups excluding carboxylic acids is 1. The third kappa shape index (κ3) is 5.20. The lowest BCUT2D eigenvalue weighted by Crippen LogP contribution is -2.44. The Balaban J connectivity index is 1.38. The van der Waals surface area contributed by atoms with Crippen LogP contribution in [0.2, 0.25) is 0 Å². The van der Waals surface area contributed by atoms with E-state index in [0.29, 0.717) is 23.7 Å². The van der Waals surface area contributed by atoms with E-state index < -0.39 is 21.8 Å². The first-order valence-electron chi connectivity index (χ1n) is 11.8. The summed E-state index contributed by atoms with van der Waals surface area (Å²) in [6, 6.07) is 14.6. The van der Waals surface area contributed by atoms with Crippen molar-refractivity contribution in [3.8, 4) is 5.75 Å². The summed E-state index contributed by atoms with van der Waals surface area (Å²) in [6.07, 6.45) is 4.04. The summed E-state index contributed by atoms with van der Waals surface area (Å²) in [4.78, 5) is 24.0. The molecule has 1 aliphatic heterocycles. The molecule has 0 aliphatic carbocycles. The minimum Gasteiger partial charge on any atom is -0.497 e. The Morgan fingerprint density at radius 3 is 2.65 bits per heavy atom. The van der Waals surface area contributed by atoms with E-state index in [2.05, 4.69) is 4.98 Å². The maximum atomic E-state index is 14.2. The van der Waals surface area contributed by atoms with E-state index in [1.54, 1.807) is 24.4 Å². The van der Waals surface area contributed by atoms with E-state index >= 15 is 0 Å². The molecule has 11 heteroatoms. The number of pyridine rings is 1. The number of hydrogen-bond donors (Lipinski definition) is 0. The highest BCUT2D eigenvalue weighted by molar-refractivity contribution is 7.89. The number of sulfonamides is 1. The fourth-order valence-corrected chi connectivity index (χ4v) is 6.89. The Kier molecular flexibility index (Phi) is 7.18. The van der Waals surface area contributed by atoms with Crippen LogP contribution in [0.1, 0.15) is 18.4 Å². The molecule has 1 saturated heterocycles. The van der Waals surface area contributed by atoms with Gasteiger partial charge >= 0.3 is 0 Å². The van der Waals surface area contributed by atoms with E-state index in [1.165, 1.54) is 33.8 Å². The molecule has 0 unspecified atom stereocenters. The van der Waals surface area contributed by atoms with Crippen LogP contribution in [-0.4, -0.2) is 48.8 Å². The van der Waals surface area contributed by atoms with Gasteiger partial charge in [-0.3, -0.25) is 14.7 Å². The summed E-state index contributed by atoms with van der Waals surface area (Å²) in [5.74, 6) is -0.628. The highest BCUT2D eigenvalue weighted by Crippen LogP contribution is 2.34. The first-order chi connectivity index (χ1) is 17.9. The van der Waals surface area contributed by atoms with Crippen molar-refractivity contribution in [1.29, 1.82) is 0 Å². The smallest absolute Gasteiger partial charge is 0.245 e. The summed E-state index contributed by atoms with van der Waals surface area (Å²) in [6.45, 7) is 0.549. The normalized spacial score (nSPS) is 15.1. The molecule has 3 heterocycles. The van der Waals surface area contributed by atoms with Crippen LogP contribution in [0, 0.1) is 11.7 Å². The molecule has 0 radical (unpaired) electrons. The number of carbonyl (C=O) groups is 1. The van der Waals surface area contributed by atoms with Gasteiger partial charge in [-0.1, -0.05) is 29.5 Å². The number of thiazole rings is 1. The van der Waals surface area contributed by atoms with E-state index in [-0.39, 0.29) is 30.4 Å². The summed E-state index contributed by atoms with van der Waals surface area (Å²) in [5, 5.41) is 0.554. The van der Waals surface area contributed by atoms with Gasteiger partial charge in [0.1, 0.15) is 16.5 Å². The van der Waals surface area contributed by atoms with Crippen LogP contribution in [0.5, 0.6) is 5.75 Å². The maximum Gasteiger partial charge on any atom is 0.245 e. The van der Waals surface area contributed by atoms with Crippen LogP contribution in [0.3, 0.4) is 0 Å². The molecule has 0 saturated carbocycles. The number of methoxy groups -OCH3 is 1. The SMILES string of the molecule is COc1ccc2sc(N(Cc3cccnc3)C(=O)C3CCN(S(=O)(=O)c4ccccc4F)CC3)nc2c1. The lowest BCUT2D eigenvalue weighted by atomic mass is 9.96. The van der Waals surface area contributed by atoms with Crippen LogP contribution in [0.15, 0.2) is 71.9 Å². The molecule has 0 bridgehead atoms. The first-order valence-corrected chi connectivity index (χ1v) is 14.0. The Morgan fingerprint density at radius 1 is 1.16 bits per heavy atom. The van der Waals surface area contributed by atoms with Crippen molar-refractivity contribution in [3.63, 3.8) is 0 Å². The maximum absolute atomic E-state index is 14.2. The summed E-state index contributed by atoms with van der Waals surface area (Å²) < 4.78 is 47.7. The number of nitrogens with zero attached hydrogens (tertiary/aromatic N) is 4. The fraction of sp³-hybridized carbons (Fsp3) is 0.269. The lowest BCUT2D eigenvalue weighted by molar-refractivity contribution is -0.123. The molecule has 192 valence electrons. The van der Waals surface area contributed by atoms with Crippen molar-refractivity contribution < 1.29 is 22.3 Å². The molecule has 0 spiro atoms. The topological polar surface area (TPSA) is 92.7 Å². The Hall–Kier alpha value is -3.41. The third-order valence-corrected chi connectivity index (χ3v) is 9.39. The van der Waals surface area contributed by atoms with Crippen molar-refractivity contribution in [2.45, 2.75) is 24.3 Å². The second-order valence-electron chi connectivity index (χ2n) is 8.72. The number of fused-ring (bicyclic) bond motifs is 1. The summed E-state index contributed by atoms with van der Waals surface area (Å²) in [7, 11) is -2.40. The standard InChI is InChI=1S/C26H25FN4O4S2/c1-35-20-8-9-23-22(15-20)29-26(36-23)31(17-18-5-4-12-28-16-18)25(32)19-10-13-30(14-11-19)37(33,34)24-7-3-2-6-21(24)27/h2-9,12,15-16,19H,10-11,13-14,17H2,1H3. The molecule has 8 nitrogen and oxygen atoms in total. The van der Waals surface area contributed by atoms with E-state index in [1.807, 2.05) is 30.3 Å². The molecule has 5 rings (SSSR count). The number of amides is 1. The molecular weight excluding hydrogens is 515 g/mol. The van der Waals surface area contributed by atoms with Crippen molar-refractivity contribution in [2.24, 2.45) is 5.92 Å². The Morgan fingerprint density at radius 2 is 1.95 bits per heavy atom. The number of anilines is 1. The Labute approximate surface area is 218 Å². The van der Waals surface area contributed by atoms with Gasteiger partial charge in [-0.25, -0.2) is 17.8 Å². The largest absolute Gasteiger partial charge is 0.497 e. The molecule has 2 aromatic heterocycles. The predicted octanol–water partition coefficient (Wildman–Crippen LogP) is 4.47. The highest BCUT2D eigenvalue weighted by atomic mass is 32.2. The summed E-state index contributed by atoms with van der Waals surface area (Å²) in [5.41, 5.74) is 1.58.